The Morgan fingerprint density at radius 1 is 1.40 bits per heavy atom. The number of aliphatic carboxylic acids is 1. The summed E-state index contributed by atoms with van der Waals surface area (Å²) in [5, 5.41) is 20.6. The molecule has 20 heavy (non-hydrogen) atoms. The predicted molar refractivity (Wildman–Crippen MR) is 74.0 cm³/mol. The zero-order chi connectivity index (χ0) is 15.1. The quantitative estimate of drug-likeness (QED) is 0.805. The summed E-state index contributed by atoms with van der Waals surface area (Å²) in [5.41, 5.74) is 0. The van der Waals surface area contributed by atoms with E-state index >= 15 is 0 Å². The van der Waals surface area contributed by atoms with Gasteiger partial charge in [0, 0.05) is 13.1 Å². The van der Waals surface area contributed by atoms with Gasteiger partial charge in [-0.15, -0.1) is 0 Å². The van der Waals surface area contributed by atoms with E-state index in [9.17, 15) is 14.7 Å². The molecule has 0 aromatic heterocycles. The van der Waals surface area contributed by atoms with Gasteiger partial charge in [0.05, 0.1) is 12.5 Å². The summed E-state index contributed by atoms with van der Waals surface area (Å²) < 4.78 is 0. The molecule has 0 bridgehead atoms. The van der Waals surface area contributed by atoms with E-state index in [0.29, 0.717) is 0 Å². The van der Waals surface area contributed by atoms with Crippen molar-refractivity contribution in [2.45, 2.75) is 57.5 Å². The minimum absolute atomic E-state index is 0.00451. The number of nitriles is 1. The number of urea groups is 1. The molecule has 6 heteroatoms. The van der Waals surface area contributed by atoms with Gasteiger partial charge in [0.1, 0.15) is 6.04 Å². The number of carboxylic acids is 1. The lowest BCUT2D eigenvalue weighted by atomic mass is 9.84. The van der Waals surface area contributed by atoms with Crippen LogP contribution in [0.1, 0.15) is 45.4 Å². The molecule has 2 unspecified atom stereocenters. The highest BCUT2D eigenvalue weighted by Gasteiger charge is 2.32. The Bertz CT molecular complexity index is 386. The highest BCUT2D eigenvalue weighted by atomic mass is 16.4. The number of carbonyl (C=O) groups is 2. The zero-order valence-corrected chi connectivity index (χ0v) is 12.1. The van der Waals surface area contributed by atoms with Crippen LogP contribution in [-0.4, -0.2) is 41.1 Å². The van der Waals surface area contributed by atoms with E-state index in [1.165, 1.54) is 4.90 Å². The Morgan fingerprint density at radius 2 is 2.00 bits per heavy atom. The first-order valence-corrected chi connectivity index (χ1v) is 7.10. The molecule has 2 N–H and O–H groups in total. The Labute approximate surface area is 119 Å². The molecule has 2 atom stereocenters. The van der Waals surface area contributed by atoms with Gasteiger partial charge < -0.3 is 15.3 Å². The van der Waals surface area contributed by atoms with E-state index < -0.39 is 18.0 Å². The van der Waals surface area contributed by atoms with Crippen LogP contribution in [0.3, 0.4) is 0 Å². The van der Waals surface area contributed by atoms with Crippen LogP contribution in [0.25, 0.3) is 0 Å². The zero-order valence-electron chi connectivity index (χ0n) is 12.1. The van der Waals surface area contributed by atoms with Gasteiger partial charge in [-0.25, -0.2) is 9.59 Å². The number of amides is 2. The molecule has 0 saturated heterocycles. The molecule has 0 heterocycles. The van der Waals surface area contributed by atoms with Crippen molar-refractivity contribution < 1.29 is 14.7 Å². The lowest BCUT2D eigenvalue weighted by molar-refractivity contribution is -0.141. The van der Waals surface area contributed by atoms with Gasteiger partial charge in [-0.3, -0.25) is 0 Å². The van der Waals surface area contributed by atoms with Crippen LogP contribution in [-0.2, 0) is 4.79 Å². The normalized spacial score (nSPS) is 18.6. The van der Waals surface area contributed by atoms with Crippen LogP contribution in [0.15, 0.2) is 0 Å². The SMILES string of the molecule is CC(CC#N)N(C)C(=O)NC(C(=O)O)C1CCCCC1. The van der Waals surface area contributed by atoms with Gasteiger partial charge >= 0.3 is 12.0 Å². The second kappa shape index (κ2) is 7.73. The van der Waals surface area contributed by atoms with Crippen LogP contribution < -0.4 is 5.32 Å². The van der Waals surface area contributed by atoms with Gasteiger partial charge in [0.15, 0.2) is 0 Å². The molecule has 0 aliphatic heterocycles. The van der Waals surface area contributed by atoms with Crippen molar-refractivity contribution in [2.24, 2.45) is 5.92 Å². The van der Waals surface area contributed by atoms with Crippen LogP contribution in [0.4, 0.5) is 4.79 Å². The van der Waals surface area contributed by atoms with Gasteiger partial charge in [-0.2, -0.15) is 5.26 Å². The number of hydrogen-bond acceptors (Lipinski definition) is 3. The van der Waals surface area contributed by atoms with Crippen molar-refractivity contribution in [3.05, 3.63) is 0 Å². The summed E-state index contributed by atoms with van der Waals surface area (Å²) in [6.45, 7) is 1.76. The molecular weight excluding hydrogens is 258 g/mol. The summed E-state index contributed by atoms with van der Waals surface area (Å²) in [6, 6.07) is 0.510. The molecule has 1 aliphatic carbocycles. The molecule has 0 spiro atoms. The summed E-state index contributed by atoms with van der Waals surface area (Å²) in [6.07, 6.45) is 5.08. The lowest BCUT2D eigenvalue weighted by Crippen LogP contribution is -2.52. The molecule has 0 aromatic rings. The summed E-state index contributed by atoms with van der Waals surface area (Å²) in [4.78, 5) is 24.8. The summed E-state index contributed by atoms with van der Waals surface area (Å²) >= 11 is 0. The van der Waals surface area contributed by atoms with E-state index in [2.05, 4.69) is 5.32 Å². The first-order chi connectivity index (χ1) is 9.47. The molecule has 1 aliphatic rings. The monoisotopic (exact) mass is 281 g/mol. The van der Waals surface area contributed by atoms with Crippen LogP contribution in [0, 0.1) is 17.2 Å². The molecule has 1 rings (SSSR count). The maximum atomic E-state index is 12.1. The number of nitrogens with zero attached hydrogens (tertiary/aromatic N) is 2. The Balaban J connectivity index is 2.63. The lowest BCUT2D eigenvalue weighted by Gasteiger charge is -2.31. The maximum absolute atomic E-state index is 12.1. The fourth-order valence-electron chi connectivity index (χ4n) is 2.55. The number of rotatable bonds is 5. The second-order valence-corrected chi connectivity index (χ2v) is 5.49. The summed E-state index contributed by atoms with van der Waals surface area (Å²) in [5.74, 6) is -0.976. The van der Waals surface area contributed by atoms with Crippen LogP contribution in [0.5, 0.6) is 0 Å². The molecule has 2 amide bonds. The van der Waals surface area contributed by atoms with Gasteiger partial charge in [-0.05, 0) is 25.7 Å². The molecular formula is C14H23N3O3. The minimum Gasteiger partial charge on any atom is -0.480 e. The van der Waals surface area contributed by atoms with Gasteiger partial charge in [0.25, 0.3) is 0 Å². The third-order valence-corrected chi connectivity index (χ3v) is 4.03. The van der Waals surface area contributed by atoms with Crippen molar-refractivity contribution in [1.82, 2.24) is 10.2 Å². The average Bonchev–Trinajstić information content (AvgIpc) is 2.44. The van der Waals surface area contributed by atoms with E-state index in [4.69, 9.17) is 5.26 Å². The number of hydrogen-bond donors (Lipinski definition) is 2. The number of nitrogens with one attached hydrogen (secondary N) is 1. The highest BCUT2D eigenvalue weighted by Crippen LogP contribution is 2.26. The van der Waals surface area contributed by atoms with Crippen molar-refractivity contribution >= 4 is 12.0 Å². The fraction of sp³-hybridized carbons (Fsp3) is 0.786. The third kappa shape index (κ3) is 4.41. The molecule has 1 fully saturated rings. The van der Waals surface area contributed by atoms with Crippen LogP contribution in [0.2, 0.25) is 0 Å². The molecule has 1 saturated carbocycles. The molecule has 0 aromatic carbocycles. The first-order valence-electron chi connectivity index (χ1n) is 7.10. The molecule has 0 radical (unpaired) electrons. The van der Waals surface area contributed by atoms with E-state index in [0.717, 1.165) is 32.1 Å². The van der Waals surface area contributed by atoms with E-state index in [1.54, 1.807) is 14.0 Å². The van der Waals surface area contributed by atoms with E-state index in [-0.39, 0.29) is 18.4 Å². The third-order valence-electron chi connectivity index (χ3n) is 4.03. The molecule has 112 valence electrons. The highest BCUT2D eigenvalue weighted by molar-refractivity contribution is 5.82. The first kappa shape index (κ1) is 16.3. The minimum atomic E-state index is -0.980. The fourth-order valence-corrected chi connectivity index (χ4v) is 2.55. The van der Waals surface area contributed by atoms with Gasteiger partial charge in [0.2, 0.25) is 0 Å². The maximum Gasteiger partial charge on any atom is 0.326 e. The molecule has 6 nitrogen and oxygen atoms in total. The summed E-state index contributed by atoms with van der Waals surface area (Å²) in [7, 11) is 1.58. The van der Waals surface area contributed by atoms with Crippen molar-refractivity contribution in [1.29, 1.82) is 5.26 Å². The van der Waals surface area contributed by atoms with Crippen LogP contribution >= 0.6 is 0 Å². The second-order valence-electron chi connectivity index (χ2n) is 5.49. The topological polar surface area (TPSA) is 93.4 Å². The number of carboxylic acid groups (broad SMARTS) is 1. The van der Waals surface area contributed by atoms with Crippen molar-refractivity contribution in [3.8, 4) is 6.07 Å². The number of carbonyl (C=O) groups excluding carboxylic acids is 1. The standard InChI is InChI=1S/C14H23N3O3/c1-10(8-9-15)17(2)14(20)16-12(13(18)19)11-6-4-3-5-7-11/h10-12H,3-8H2,1-2H3,(H,16,20)(H,18,19). The van der Waals surface area contributed by atoms with E-state index in [1.807, 2.05) is 6.07 Å². The van der Waals surface area contributed by atoms with Crippen molar-refractivity contribution in [3.63, 3.8) is 0 Å². The average molecular weight is 281 g/mol. The smallest absolute Gasteiger partial charge is 0.326 e. The van der Waals surface area contributed by atoms with Crippen molar-refractivity contribution in [2.75, 3.05) is 7.05 Å². The van der Waals surface area contributed by atoms with Gasteiger partial charge in [-0.1, -0.05) is 19.3 Å². The Kier molecular flexibility index (Phi) is 6.29. The Hall–Kier alpha value is -1.77. The predicted octanol–water partition coefficient (Wildman–Crippen LogP) is 1.96. The Morgan fingerprint density at radius 3 is 2.50 bits per heavy atom. The largest absolute Gasteiger partial charge is 0.480 e.